The molecule has 1 N–H and O–H groups in total. The predicted molar refractivity (Wildman–Crippen MR) is 62.5 cm³/mol. The van der Waals surface area contributed by atoms with E-state index in [0.717, 1.165) is 0 Å². The summed E-state index contributed by atoms with van der Waals surface area (Å²) in [7, 11) is 1.73. The molecule has 1 heterocycles. The zero-order valence-electron chi connectivity index (χ0n) is 9.40. The van der Waals surface area contributed by atoms with Crippen molar-refractivity contribution in [3.8, 4) is 6.07 Å². The van der Waals surface area contributed by atoms with Gasteiger partial charge in [0.25, 0.3) is 0 Å². The average molecular weight is 241 g/mol. The molecule has 0 aliphatic carbocycles. The lowest BCUT2D eigenvalue weighted by Crippen LogP contribution is -2.29. The molecule has 1 aromatic rings. The first-order chi connectivity index (χ1) is 7.58. The van der Waals surface area contributed by atoms with E-state index in [2.05, 4.69) is 26.3 Å². The van der Waals surface area contributed by atoms with E-state index in [9.17, 15) is 0 Å². The first-order valence-corrected chi connectivity index (χ1v) is 5.24. The summed E-state index contributed by atoms with van der Waals surface area (Å²) < 4.78 is 0. The monoisotopic (exact) mass is 240 g/mol. The fourth-order valence-electron chi connectivity index (χ4n) is 0.994. The summed E-state index contributed by atoms with van der Waals surface area (Å²) in [5.74, 6) is 0.791. The minimum absolute atomic E-state index is 0.109. The van der Waals surface area contributed by atoms with E-state index >= 15 is 0 Å². The van der Waals surface area contributed by atoms with Gasteiger partial charge in [0.1, 0.15) is 6.04 Å². The molecule has 0 radical (unpaired) electrons. The van der Waals surface area contributed by atoms with Crippen LogP contribution in [0, 0.1) is 11.3 Å². The second-order valence-electron chi connectivity index (χ2n) is 3.17. The predicted octanol–water partition coefficient (Wildman–Crippen LogP) is 1.31. The van der Waals surface area contributed by atoms with Crippen LogP contribution in [-0.2, 0) is 0 Å². The van der Waals surface area contributed by atoms with Crippen molar-refractivity contribution in [1.82, 2.24) is 15.0 Å². The van der Waals surface area contributed by atoms with E-state index in [1.807, 2.05) is 6.92 Å². The summed E-state index contributed by atoms with van der Waals surface area (Å²) >= 11 is 5.77. The van der Waals surface area contributed by atoms with Gasteiger partial charge < -0.3 is 10.2 Å². The van der Waals surface area contributed by atoms with Crippen LogP contribution < -0.4 is 10.2 Å². The molecule has 0 spiro atoms. The van der Waals surface area contributed by atoms with Crippen LogP contribution in [0.1, 0.15) is 13.8 Å². The largest absolute Gasteiger partial charge is 0.354 e. The molecule has 1 aromatic heterocycles. The zero-order valence-corrected chi connectivity index (χ0v) is 10.2. The second kappa shape index (κ2) is 5.47. The minimum Gasteiger partial charge on any atom is -0.354 e. The number of nitriles is 1. The number of nitrogens with one attached hydrogen (secondary N) is 1. The van der Waals surface area contributed by atoms with E-state index < -0.39 is 0 Å². The van der Waals surface area contributed by atoms with Crippen molar-refractivity contribution in [3.05, 3.63) is 5.28 Å². The molecule has 16 heavy (non-hydrogen) atoms. The maximum atomic E-state index is 8.80. The Hall–Kier alpha value is -1.61. The maximum Gasteiger partial charge on any atom is 0.232 e. The van der Waals surface area contributed by atoms with Crippen LogP contribution in [-0.4, -0.2) is 34.6 Å². The van der Waals surface area contributed by atoms with Crippen molar-refractivity contribution in [2.24, 2.45) is 0 Å². The Bertz CT molecular complexity index is 401. The second-order valence-corrected chi connectivity index (χ2v) is 3.51. The normalized spacial score (nSPS) is 11.7. The number of hydrogen-bond acceptors (Lipinski definition) is 6. The molecule has 1 rings (SSSR count). The van der Waals surface area contributed by atoms with Gasteiger partial charge in [-0.1, -0.05) is 0 Å². The van der Waals surface area contributed by atoms with Crippen molar-refractivity contribution in [2.45, 2.75) is 19.9 Å². The molecule has 0 amide bonds. The van der Waals surface area contributed by atoms with E-state index in [4.69, 9.17) is 16.9 Å². The lowest BCUT2D eigenvalue weighted by Gasteiger charge is -2.19. The first kappa shape index (κ1) is 12.5. The van der Waals surface area contributed by atoms with E-state index in [-0.39, 0.29) is 11.3 Å². The highest BCUT2D eigenvalue weighted by molar-refractivity contribution is 6.28. The van der Waals surface area contributed by atoms with E-state index in [1.165, 1.54) is 0 Å². The van der Waals surface area contributed by atoms with Gasteiger partial charge in [-0.25, -0.2) is 0 Å². The van der Waals surface area contributed by atoms with Gasteiger partial charge in [-0.2, -0.15) is 20.2 Å². The maximum absolute atomic E-state index is 8.80. The molecule has 0 aliphatic heterocycles. The van der Waals surface area contributed by atoms with Crippen LogP contribution in [0.4, 0.5) is 11.9 Å². The van der Waals surface area contributed by atoms with Crippen molar-refractivity contribution < 1.29 is 0 Å². The molecule has 0 saturated carbocycles. The van der Waals surface area contributed by atoms with Gasteiger partial charge in [0.15, 0.2) is 0 Å². The van der Waals surface area contributed by atoms with E-state index in [1.54, 1.807) is 18.9 Å². The fraction of sp³-hybridized carbons (Fsp3) is 0.556. The van der Waals surface area contributed by atoms with Crippen LogP contribution in [0.5, 0.6) is 0 Å². The lowest BCUT2D eigenvalue weighted by atomic mass is 10.3. The highest BCUT2D eigenvalue weighted by atomic mass is 35.5. The number of hydrogen-bond donors (Lipinski definition) is 1. The van der Waals surface area contributed by atoms with Crippen molar-refractivity contribution >= 4 is 23.5 Å². The fourth-order valence-corrected chi connectivity index (χ4v) is 1.15. The Kier molecular flexibility index (Phi) is 4.26. The van der Waals surface area contributed by atoms with Gasteiger partial charge in [-0.05, 0) is 25.4 Å². The number of nitrogens with zero attached hydrogens (tertiary/aromatic N) is 5. The van der Waals surface area contributed by atoms with E-state index in [0.29, 0.717) is 18.4 Å². The molecule has 0 fully saturated rings. The number of rotatable bonds is 4. The van der Waals surface area contributed by atoms with Crippen LogP contribution in [0.3, 0.4) is 0 Å². The molecule has 0 aromatic carbocycles. The van der Waals surface area contributed by atoms with Crippen molar-refractivity contribution in [2.75, 3.05) is 23.8 Å². The van der Waals surface area contributed by atoms with Gasteiger partial charge in [-0.15, -0.1) is 0 Å². The van der Waals surface area contributed by atoms with Crippen molar-refractivity contribution in [1.29, 1.82) is 5.26 Å². The summed E-state index contributed by atoms with van der Waals surface area (Å²) in [4.78, 5) is 13.7. The summed E-state index contributed by atoms with van der Waals surface area (Å²) in [6.07, 6.45) is 0. The zero-order chi connectivity index (χ0) is 12.1. The van der Waals surface area contributed by atoms with Crippen LogP contribution in [0.25, 0.3) is 0 Å². The molecular formula is C9H13ClN6. The Morgan fingerprint density at radius 3 is 2.75 bits per heavy atom. The smallest absolute Gasteiger partial charge is 0.232 e. The van der Waals surface area contributed by atoms with Crippen LogP contribution >= 0.6 is 11.6 Å². The Labute approximate surface area is 99.3 Å². The summed E-state index contributed by atoms with van der Waals surface area (Å²) in [5, 5.41) is 11.9. The number of anilines is 2. The van der Waals surface area contributed by atoms with Gasteiger partial charge in [0.2, 0.25) is 17.2 Å². The standard InChI is InChI=1S/C9H13ClN6/c1-4-12-8-13-7(10)14-9(15-8)16(3)6(2)5-11/h6H,4H2,1-3H3,(H,12,13,14,15). The van der Waals surface area contributed by atoms with Crippen LogP contribution in [0.2, 0.25) is 5.28 Å². The number of halogens is 1. The quantitative estimate of drug-likeness (QED) is 0.855. The highest BCUT2D eigenvalue weighted by Crippen LogP contribution is 2.14. The third kappa shape index (κ3) is 2.94. The van der Waals surface area contributed by atoms with Gasteiger partial charge in [0.05, 0.1) is 6.07 Å². The molecule has 86 valence electrons. The Morgan fingerprint density at radius 2 is 2.19 bits per heavy atom. The molecule has 6 nitrogen and oxygen atoms in total. The third-order valence-corrected chi connectivity index (χ3v) is 2.18. The summed E-state index contributed by atoms with van der Waals surface area (Å²) in [6.45, 7) is 4.38. The molecule has 1 unspecified atom stereocenters. The molecule has 1 atom stereocenters. The summed E-state index contributed by atoms with van der Waals surface area (Å²) in [6, 6.07) is 1.77. The Morgan fingerprint density at radius 1 is 1.50 bits per heavy atom. The summed E-state index contributed by atoms with van der Waals surface area (Å²) in [5.41, 5.74) is 0. The Balaban J connectivity index is 3.00. The average Bonchev–Trinajstić information content (AvgIpc) is 2.26. The topological polar surface area (TPSA) is 77.7 Å². The van der Waals surface area contributed by atoms with Gasteiger partial charge in [-0.3, -0.25) is 0 Å². The van der Waals surface area contributed by atoms with Crippen molar-refractivity contribution in [3.63, 3.8) is 0 Å². The van der Waals surface area contributed by atoms with Gasteiger partial charge >= 0.3 is 0 Å². The molecule has 0 saturated heterocycles. The first-order valence-electron chi connectivity index (χ1n) is 4.86. The molecule has 7 heteroatoms. The third-order valence-electron chi connectivity index (χ3n) is 2.01. The van der Waals surface area contributed by atoms with Gasteiger partial charge in [0, 0.05) is 13.6 Å². The number of aromatic nitrogens is 3. The minimum atomic E-state index is -0.326. The SMILES string of the molecule is CCNc1nc(Cl)nc(N(C)C(C)C#N)n1. The molecule has 0 aliphatic rings. The molecule has 0 bridgehead atoms. The lowest BCUT2D eigenvalue weighted by molar-refractivity contribution is 0.791. The molecular weight excluding hydrogens is 228 g/mol. The highest BCUT2D eigenvalue weighted by Gasteiger charge is 2.13. The van der Waals surface area contributed by atoms with Crippen LogP contribution in [0.15, 0.2) is 0 Å².